The van der Waals surface area contributed by atoms with E-state index in [0.29, 0.717) is 11.5 Å². The first-order valence-corrected chi connectivity index (χ1v) is 11.0. The molecule has 7 nitrogen and oxygen atoms in total. The van der Waals surface area contributed by atoms with Gasteiger partial charge in [-0.05, 0) is 63.6 Å². The standard InChI is InChI=1S/C21H28N2O5S/c1-14(2)10-11-23-15(3)12-19(16(23)4)20(24)13-28-21(25)17-6-8-18(9-7-17)29(26,27)22-5/h6-9,12,14,22H,10-11,13H2,1-5H3. The van der Waals surface area contributed by atoms with Gasteiger partial charge in [-0.25, -0.2) is 17.9 Å². The number of ketones is 1. The van der Waals surface area contributed by atoms with Crippen LogP contribution in [0, 0.1) is 19.8 Å². The summed E-state index contributed by atoms with van der Waals surface area (Å²) >= 11 is 0. The maximum Gasteiger partial charge on any atom is 0.338 e. The summed E-state index contributed by atoms with van der Waals surface area (Å²) in [5.74, 6) is -0.386. The van der Waals surface area contributed by atoms with Crippen LogP contribution in [0.4, 0.5) is 0 Å². The first kappa shape index (κ1) is 22.8. The van der Waals surface area contributed by atoms with Crippen molar-refractivity contribution in [3.05, 3.63) is 52.8 Å². The SMILES string of the molecule is CNS(=O)(=O)c1ccc(C(=O)OCC(=O)c2cc(C)n(CCC(C)C)c2C)cc1. The van der Waals surface area contributed by atoms with Crippen molar-refractivity contribution < 1.29 is 22.7 Å². The minimum Gasteiger partial charge on any atom is -0.454 e. The smallest absolute Gasteiger partial charge is 0.338 e. The van der Waals surface area contributed by atoms with Crippen LogP contribution in [0.3, 0.4) is 0 Å². The van der Waals surface area contributed by atoms with Gasteiger partial charge in [-0.3, -0.25) is 4.79 Å². The molecule has 1 aromatic heterocycles. The number of aromatic nitrogens is 1. The third-order valence-corrected chi connectivity index (χ3v) is 6.24. The Morgan fingerprint density at radius 1 is 1.14 bits per heavy atom. The molecule has 0 fully saturated rings. The highest BCUT2D eigenvalue weighted by atomic mass is 32.2. The van der Waals surface area contributed by atoms with Gasteiger partial charge in [-0.15, -0.1) is 0 Å². The minimum absolute atomic E-state index is 0.0430. The van der Waals surface area contributed by atoms with E-state index < -0.39 is 16.0 Å². The molecule has 0 atom stereocenters. The van der Waals surface area contributed by atoms with Gasteiger partial charge in [0.2, 0.25) is 15.8 Å². The Hall–Kier alpha value is -2.45. The number of benzene rings is 1. The van der Waals surface area contributed by atoms with Gasteiger partial charge in [0.15, 0.2) is 6.61 Å². The molecular formula is C21H28N2O5S. The highest BCUT2D eigenvalue weighted by molar-refractivity contribution is 7.89. The molecule has 29 heavy (non-hydrogen) atoms. The number of esters is 1. The fourth-order valence-electron chi connectivity index (χ4n) is 2.99. The Balaban J connectivity index is 2.04. The number of carbonyl (C=O) groups is 2. The van der Waals surface area contributed by atoms with Crippen LogP contribution in [-0.4, -0.2) is 38.4 Å². The number of nitrogens with one attached hydrogen (secondary N) is 1. The second kappa shape index (κ2) is 9.37. The quantitative estimate of drug-likeness (QED) is 0.497. The van der Waals surface area contributed by atoms with E-state index in [4.69, 9.17) is 4.74 Å². The summed E-state index contributed by atoms with van der Waals surface area (Å²) in [4.78, 5) is 24.8. The van der Waals surface area contributed by atoms with Crippen molar-refractivity contribution in [2.75, 3.05) is 13.7 Å². The molecule has 0 aliphatic rings. The fourth-order valence-corrected chi connectivity index (χ4v) is 3.73. The second-order valence-electron chi connectivity index (χ2n) is 7.35. The van der Waals surface area contributed by atoms with Crippen LogP contribution in [-0.2, 0) is 21.3 Å². The zero-order valence-electron chi connectivity index (χ0n) is 17.5. The lowest BCUT2D eigenvalue weighted by molar-refractivity contribution is 0.0474. The summed E-state index contributed by atoms with van der Waals surface area (Å²) in [7, 11) is -2.27. The predicted octanol–water partition coefficient (Wildman–Crippen LogP) is 3.10. The molecule has 2 rings (SSSR count). The van der Waals surface area contributed by atoms with E-state index >= 15 is 0 Å². The van der Waals surface area contributed by atoms with Crippen molar-refractivity contribution in [3.8, 4) is 0 Å². The van der Waals surface area contributed by atoms with Crippen LogP contribution >= 0.6 is 0 Å². The molecule has 0 saturated carbocycles. The molecule has 158 valence electrons. The first-order chi connectivity index (χ1) is 13.6. The second-order valence-corrected chi connectivity index (χ2v) is 9.24. The summed E-state index contributed by atoms with van der Waals surface area (Å²) in [6.45, 7) is 8.62. The lowest BCUT2D eigenvalue weighted by atomic mass is 10.1. The molecule has 0 aliphatic carbocycles. The van der Waals surface area contributed by atoms with Crippen LogP contribution < -0.4 is 4.72 Å². The molecule has 1 heterocycles. The monoisotopic (exact) mass is 420 g/mol. The van der Waals surface area contributed by atoms with Gasteiger partial charge in [-0.1, -0.05) is 13.8 Å². The summed E-state index contributed by atoms with van der Waals surface area (Å²) in [6, 6.07) is 7.16. The Morgan fingerprint density at radius 3 is 2.31 bits per heavy atom. The molecule has 8 heteroatoms. The van der Waals surface area contributed by atoms with E-state index in [0.717, 1.165) is 24.4 Å². The largest absolute Gasteiger partial charge is 0.454 e. The Morgan fingerprint density at radius 2 is 1.76 bits per heavy atom. The van der Waals surface area contributed by atoms with Crippen molar-refractivity contribution in [1.82, 2.24) is 9.29 Å². The van der Waals surface area contributed by atoms with E-state index in [9.17, 15) is 18.0 Å². The summed E-state index contributed by atoms with van der Waals surface area (Å²) < 4.78 is 32.9. The van der Waals surface area contributed by atoms with Crippen molar-refractivity contribution >= 4 is 21.8 Å². The highest BCUT2D eigenvalue weighted by Gasteiger charge is 2.19. The van der Waals surface area contributed by atoms with Crippen LogP contribution in [0.15, 0.2) is 35.2 Å². The fraction of sp³-hybridized carbons (Fsp3) is 0.429. The maximum absolute atomic E-state index is 12.6. The van der Waals surface area contributed by atoms with Gasteiger partial charge >= 0.3 is 5.97 Å². The zero-order valence-corrected chi connectivity index (χ0v) is 18.3. The maximum atomic E-state index is 12.6. The molecule has 2 aromatic rings. The Labute approximate surface area is 172 Å². The topological polar surface area (TPSA) is 94.5 Å². The van der Waals surface area contributed by atoms with Gasteiger partial charge in [0.05, 0.1) is 10.5 Å². The molecule has 0 amide bonds. The van der Waals surface area contributed by atoms with E-state index in [1.807, 2.05) is 19.9 Å². The van der Waals surface area contributed by atoms with Crippen molar-refractivity contribution in [2.24, 2.45) is 5.92 Å². The lowest BCUT2D eigenvalue weighted by Gasteiger charge is -2.11. The Kier molecular flexibility index (Phi) is 7.37. The number of aryl methyl sites for hydroxylation is 1. The Bertz CT molecular complexity index is 989. The predicted molar refractivity (Wildman–Crippen MR) is 111 cm³/mol. The highest BCUT2D eigenvalue weighted by Crippen LogP contribution is 2.18. The molecule has 0 bridgehead atoms. The van der Waals surface area contributed by atoms with E-state index in [1.165, 1.54) is 31.3 Å². The average Bonchev–Trinajstić information content (AvgIpc) is 2.98. The summed E-state index contributed by atoms with van der Waals surface area (Å²) in [5, 5.41) is 0. The molecule has 0 unspecified atom stereocenters. The normalized spacial score (nSPS) is 11.7. The molecule has 0 radical (unpaired) electrons. The summed E-state index contributed by atoms with van der Waals surface area (Å²) in [5.41, 5.74) is 2.59. The van der Waals surface area contributed by atoms with Crippen molar-refractivity contribution in [3.63, 3.8) is 0 Å². The van der Waals surface area contributed by atoms with Crippen LogP contribution in [0.25, 0.3) is 0 Å². The molecule has 0 saturated heterocycles. The van der Waals surface area contributed by atoms with Gasteiger partial charge in [0.25, 0.3) is 0 Å². The number of ether oxygens (including phenoxy) is 1. The van der Waals surface area contributed by atoms with E-state index in [1.54, 1.807) is 0 Å². The number of hydrogen-bond donors (Lipinski definition) is 1. The minimum atomic E-state index is -3.58. The number of Topliss-reactive ketones (excluding diaryl/α,β-unsaturated/α-hetero) is 1. The molecular weight excluding hydrogens is 392 g/mol. The number of rotatable bonds is 9. The third-order valence-electron chi connectivity index (χ3n) is 4.81. The zero-order chi connectivity index (χ0) is 21.8. The van der Waals surface area contributed by atoms with Gasteiger partial charge < -0.3 is 9.30 Å². The molecule has 0 aliphatic heterocycles. The lowest BCUT2D eigenvalue weighted by Crippen LogP contribution is -2.19. The van der Waals surface area contributed by atoms with Crippen LogP contribution in [0.1, 0.15) is 52.4 Å². The van der Waals surface area contributed by atoms with Crippen LogP contribution in [0.2, 0.25) is 0 Å². The number of nitrogens with zero attached hydrogens (tertiary/aromatic N) is 1. The number of hydrogen-bond acceptors (Lipinski definition) is 5. The third kappa shape index (κ3) is 5.55. The van der Waals surface area contributed by atoms with Gasteiger partial charge in [-0.2, -0.15) is 0 Å². The van der Waals surface area contributed by atoms with E-state index in [2.05, 4.69) is 23.1 Å². The van der Waals surface area contributed by atoms with Gasteiger partial charge in [0.1, 0.15) is 0 Å². The van der Waals surface area contributed by atoms with Gasteiger partial charge in [0, 0.05) is 23.5 Å². The molecule has 1 aromatic carbocycles. The molecule has 1 N–H and O–H groups in total. The first-order valence-electron chi connectivity index (χ1n) is 9.47. The number of carbonyl (C=O) groups excluding carboxylic acids is 2. The van der Waals surface area contributed by atoms with Crippen molar-refractivity contribution in [1.29, 1.82) is 0 Å². The summed E-state index contributed by atoms with van der Waals surface area (Å²) in [6.07, 6.45) is 1.01. The van der Waals surface area contributed by atoms with E-state index in [-0.39, 0.29) is 22.8 Å². The van der Waals surface area contributed by atoms with Crippen molar-refractivity contribution in [2.45, 2.75) is 45.6 Å². The number of sulfonamides is 1. The van der Waals surface area contributed by atoms with Crippen LogP contribution in [0.5, 0.6) is 0 Å². The average molecular weight is 421 g/mol. The molecule has 0 spiro atoms.